The summed E-state index contributed by atoms with van der Waals surface area (Å²) in [6, 6.07) is 1.65. The fourth-order valence-corrected chi connectivity index (χ4v) is 2.42. The summed E-state index contributed by atoms with van der Waals surface area (Å²) in [6.45, 7) is 0. The van der Waals surface area contributed by atoms with Crippen LogP contribution in [0.2, 0.25) is 0 Å². The van der Waals surface area contributed by atoms with Crippen LogP contribution < -0.4 is 0 Å². The number of ketones is 2. The molecule has 26 heavy (non-hydrogen) atoms. The van der Waals surface area contributed by atoms with Crippen molar-refractivity contribution in [3.8, 4) is 11.3 Å². The van der Waals surface area contributed by atoms with E-state index in [4.69, 9.17) is 10.2 Å². The molecule has 2 heterocycles. The summed E-state index contributed by atoms with van der Waals surface area (Å²) in [6.07, 6.45) is 0. The second-order valence-corrected chi connectivity index (χ2v) is 4.82. The number of carboxylic acid groups (broad SMARTS) is 3. The molecule has 1 aliphatic carbocycles. The van der Waals surface area contributed by atoms with E-state index < -0.39 is 52.1 Å². The molecule has 0 aliphatic heterocycles. The Bertz CT molecular complexity index is 995. The summed E-state index contributed by atoms with van der Waals surface area (Å²) in [4.78, 5) is 63.7. The summed E-state index contributed by atoms with van der Waals surface area (Å²) in [5, 5.41) is 27.3. The van der Waals surface area contributed by atoms with Gasteiger partial charge in [0.15, 0.2) is 0 Å². The second kappa shape index (κ2) is 8.64. The van der Waals surface area contributed by atoms with E-state index in [2.05, 4.69) is 9.97 Å². The fourth-order valence-electron chi connectivity index (χ4n) is 2.42. The Morgan fingerprint density at radius 3 is 2.00 bits per heavy atom. The Morgan fingerprint density at radius 2 is 1.50 bits per heavy atom. The first-order valence-corrected chi connectivity index (χ1v) is 6.29. The van der Waals surface area contributed by atoms with Gasteiger partial charge in [0.1, 0.15) is 17.1 Å². The third-order valence-corrected chi connectivity index (χ3v) is 3.43. The molecular formula is C14H8K2N2O8. The van der Waals surface area contributed by atoms with Gasteiger partial charge in [0, 0.05) is 5.56 Å². The molecule has 0 saturated carbocycles. The molecule has 10 nitrogen and oxygen atoms in total. The molecule has 1 aliphatic rings. The maximum atomic E-state index is 12.1. The van der Waals surface area contributed by atoms with E-state index in [1.165, 1.54) is 0 Å². The Balaban J connectivity index is 0.00000169. The summed E-state index contributed by atoms with van der Waals surface area (Å²) >= 11 is 0. The van der Waals surface area contributed by atoms with Crippen LogP contribution in [0.4, 0.5) is 0 Å². The molecule has 0 unspecified atom stereocenters. The summed E-state index contributed by atoms with van der Waals surface area (Å²) < 4.78 is 0. The van der Waals surface area contributed by atoms with Crippen LogP contribution in [0.5, 0.6) is 0 Å². The Labute approximate surface area is 229 Å². The minimum atomic E-state index is -1.58. The first-order chi connectivity index (χ1) is 11.2. The van der Waals surface area contributed by atoms with Crippen LogP contribution in [-0.4, -0.2) is 158 Å². The van der Waals surface area contributed by atoms with Gasteiger partial charge in [-0.3, -0.25) is 9.59 Å². The predicted molar refractivity (Wildman–Crippen MR) is 87.9 cm³/mol. The van der Waals surface area contributed by atoms with Gasteiger partial charge in [-0.15, -0.1) is 0 Å². The topological polar surface area (TPSA) is 175 Å². The molecular weight excluding hydrogens is 402 g/mol. The van der Waals surface area contributed by atoms with Crippen molar-refractivity contribution in [3.05, 3.63) is 40.3 Å². The zero-order valence-electron chi connectivity index (χ0n) is 11.5. The molecule has 2 aromatic heterocycles. The van der Waals surface area contributed by atoms with Gasteiger partial charge in [-0.2, -0.15) is 0 Å². The molecule has 0 fully saturated rings. The number of hydrogen-bond donors (Lipinski definition) is 4. The number of Topliss-reactive ketones (excluding diaryl/α,β-unsaturated/α-hetero) is 2. The number of hydrogen-bond acceptors (Lipinski definition) is 6. The van der Waals surface area contributed by atoms with Crippen LogP contribution in [0.3, 0.4) is 0 Å². The van der Waals surface area contributed by atoms with Crippen molar-refractivity contribution in [2.45, 2.75) is 0 Å². The number of rotatable bonds is 3. The normalized spacial score (nSPS) is 11.5. The third kappa shape index (κ3) is 3.84. The zero-order valence-corrected chi connectivity index (χ0v) is 11.5. The number of aromatic carboxylic acids is 3. The van der Waals surface area contributed by atoms with Crippen molar-refractivity contribution in [2.75, 3.05) is 0 Å². The van der Waals surface area contributed by atoms with Crippen LogP contribution in [0.15, 0.2) is 12.1 Å². The van der Waals surface area contributed by atoms with Gasteiger partial charge in [-0.1, -0.05) is 0 Å². The van der Waals surface area contributed by atoms with E-state index in [0.717, 1.165) is 12.1 Å². The van der Waals surface area contributed by atoms with Crippen LogP contribution in [-0.2, 0) is 0 Å². The number of nitrogens with zero attached hydrogens (tertiary/aromatic N) is 1. The van der Waals surface area contributed by atoms with Crippen molar-refractivity contribution in [1.82, 2.24) is 9.97 Å². The van der Waals surface area contributed by atoms with Crippen molar-refractivity contribution in [1.29, 1.82) is 0 Å². The van der Waals surface area contributed by atoms with Crippen LogP contribution in [0.1, 0.15) is 52.2 Å². The molecule has 124 valence electrons. The maximum absolute atomic E-state index is 12.1. The number of aromatic amines is 1. The quantitative estimate of drug-likeness (QED) is 0.375. The van der Waals surface area contributed by atoms with Crippen LogP contribution in [0, 0.1) is 0 Å². The molecule has 0 amide bonds. The number of carbonyl (C=O) groups is 5. The third-order valence-electron chi connectivity index (χ3n) is 3.43. The van der Waals surface area contributed by atoms with Gasteiger partial charge < -0.3 is 20.3 Å². The molecule has 0 bridgehead atoms. The van der Waals surface area contributed by atoms with Gasteiger partial charge in [-0.25, -0.2) is 19.4 Å². The SMILES string of the molecule is O=C(O)c1cc(C(=O)O)c2c(n1)C(=O)C(=O)c1cc(C(=O)O)[nH]c1-2.[KH].[KH]. The molecule has 12 heteroatoms. The predicted octanol–water partition coefficient (Wildman–Crippen LogP) is -0.747. The molecule has 0 saturated heterocycles. The van der Waals surface area contributed by atoms with Gasteiger partial charge in [0.25, 0.3) is 5.78 Å². The van der Waals surface area contributed by atoms with Crippen LogP contribution in [0.25, 0.3) is 11.3 Å². The number of H-pyrrole nitrogens is 1. The molecule has 4 N–H and O–H groups in total. The Morgan fingerprint density at radius 1 is 0.885 bits per heavy atom. The fraction of sp³-hybridized carbons (Fsp3) is 0. The Kier molecular flexibility index (Phi) is 7.81. The first-order valence-electron chi connectivity index (χ1n) is 6.29. The van der Waals surface area contributed by atoms with Crippen molar-refractivity contribution in [3.63, 3.8) is 0 Å². The average molecular weight is 410 g/mol. The second-order valence-electron chi connectivity index (χ2n) is 4.82. The van der Waals surface area contributed by atoms with E-state index in [0.29, 0.717) is 0 Å². The van der Waals surface area contributed by atoms with Gasteiger partial charge in [0.2, 0.25) is 5.78 Å². The Hall–Kier alpha value is -0.547. The number of aromatic nitrogens is 2. The summed E-state index contributed by atoms with van der Waals surface area (Å²) in [7, 11) is 0. The number of nitrogens with one attached hydrogen (secondary N) is 1. The monoisotopic (exact) mass is 410 g/mol. The van der Waals surface area contributed by atoms with E-state index in [1.54, 1.807) is 0 Å². The van der Waals surface area contributed by atoms with Gasteiger partial charge in [0.05, 0.1) is 16.8 Å². The van der Waals surface area contributed by atoms with Crippen molar-refractivity contribution < 1.29 is 39.3 Å². The number of carboxylic acids is 3. The molecule has 0 spiro atoms. The number of pyridine rings is 1. The van der Waals surface area contributed by atoms with E-state index >= 15 is 0 Å². The molecule has 3 rings (SSSR count). The number of carbonyl (C=O) groups excluding carboxylic acids is 2. The van der Waals surface area contributed by atoms with Gasteiger partial charge >= 0.3 is 121 Å². The summed E-state index contributed by atoms with van der Waals surface area (Å²) in [5.74, 6) is -6.87. The summed E-state index contributed by atoms with van der Waals surface area (Å²) in [5.41, 5.74) is -3.21. The van der Waals surface area contributed by atoms with E-state index in [1.807, 2.05) is 0 Å². The van der Waals surface area contributed by atoms with E-state index in [-0.39, 0.29) is 120 Å². The minimum absolute atomic E-state index is 0. The molecule has 0 atom stereocenters. The average Bonchev–Trinajstić information content (AvgIpc) is 2.96. The molecule has 0 aromatic carbocycles. The van der Waals surface area contributed by atoms with Crippen molar-refractivity contribution in [2.24, 2.45) is 0 Å². The van der Waals surface area contributed by atoms with Crippen molar-refractivity contribution >= 4 is 132 Å². The number of fused-ring (bicyclic) bond motifs is 3. The van der Waals surface area contributed by atoms with E-state index in [9.17, 15) is 29.1 Å². The van der Waals surface area contributed by atoms with Crippen LogP contribution >= 0.6 is 0 Å². The van der Waals surface area contributed by atoms with Gasteiger partial charge in [-0.05, 0) is 12.1 Å². The first kappa shape index (κ1) is 23.5. The molecule has 2 aromatic rings. The standard InChI is InChI=1S/C14H6N2O8.2K.2H/c17-10-4-2-6(14(23)24)15-8(4)7-3(12(19)20)1-5(13(21)22)16-9(7)11(10)18;;;;/h1-2,15H,(H,19,20)(H,21,22)(H,23,24);;;;. The zero-order chi connectivity index (χ0) is 17.8. The molecule has 0 radical (unpaired) electrons.